The lowest BCUT2D eigenvalue weighted by Gasteiger charge is -2.11. The van der Waals surface area contributed by atoms with Crippen molar-refractivity contribution in [2.75, 3.05) is 19.1 Å². The maximum absolute atomic E-state index is 11.2. The predicted octanol–water partition coefficient (Wildman–Crippen LogP) is 2.83. The molecule has 0 amide bonds. The Labute approximate surface area is 109 Å². The molecule has 1 atom stereocenters. The fourth-order valence-corrected chi connectivity index (χ4v) is 4.23. The minimum atomic E-state index is -3.04. The molecule has 0 aliphatic rings. The van der Waals surface area contributed by atoms with Crippen LogP contribution in [0.3, 0.4) is 0 Å². The number of alkyl halides is 1. The fraction of sp³-hybridized carbons (Fsp3) is 0.400. The molecule has 1 rings (SSSR count). The lowest BCUT2D eigenvalue weighted by Crippen LogP contribution is -2.08. The molecule has 16 heavy (non-hydrogen) atoms. The first kappa shape index (κ1) is 13.8. The van der Waals surface area contributed by atoms with Gasteiger partial charge in [-0.1, -0.05) is 33.6 Å². The Hall–Kier alpha value is -0.260. The molecule has 0 bridgehead atoms. The quantitative estimate of drug-likeness (QED) is 0.799. The van der Waals surface area contributed by atoms with Crippen molar-refractivity contribution in [3.8, 4) is 5.75 Å². The highest BCUT2D eigenvalue weighted by Crippen LogP contribution is 2.32. The van der Waals surface area contributed by atoms with Crippen molar-refractivity contribution in [2.45, 2.75) is 4.83 Å². The van der Waals surface area contributed by atoms with Gasteiger partial charge in [0.1, 0.15) is 15.6 Å². The monoisotopic (exact) mass is 326 g/mol. The SMILES string of the molecule is COc1ccc(C(Br)CS(C)(=O)=O)c(Cl)c1. The van der Waals surface area contributed by atoms with Crippen LogP contribution in [0.2, 0.25) is 5.02 Å². The molecule has 0 aliphatic heterocycles. The highest BCUT2D eigenvalue weighted by molar-refractivity contribution is 9.09. The summed E-state index contributed by atoms with van der Waals surface area (Å²) in [6.45, 7) is 0. The molecule has 0 aromatic heterocycles. The van der Waals surface area contributed by atoms with E-state index in [1.54, 1.807) is 25.3 Å². The molecule has 3 nitrogen and oxygen atoms in total. The summed E-state index contributed by atoms with van der Waals surface area (Å²) in [5, 5.41) is 0.491. The van der Waals surface area contributed by atoms with E-state index in [1.165, 1.54) is 6.26 Å². The number of benzene rings is 1. The summed E-state index contributed by atoms with van der Waals surface area (Å²) < 4.78 is 27.3. The number of hydrogen-bond acceptors (Lipinski definition) is 3. The van der Waals surface area contributed by atoms with E-state index in [2.05, 4.69) is 15.9 Å². The Morgan fingerprint density at radius 1 is 1.50 bits per heavy atom. The fourth-order valence-electron chi connectivity index (χ4n) is 1.24. The van der Waals surface area contributed by atoms with Crippen LogP contribution >= 0.6 is 27.5 Å². The second-order valence-electron chi connectivity index (χ2n) is 3.45. The summed E-state index contributed by atoms with van der Waals surface area (Å²) in [6, 6.07) is 5.16. The van der Waals surface area contributed by atoms with Gasteiger partial charge in [-0.3, -0.25) is 0 Å². The van der Waals surface area contributed by atoms with Crippen molar-refractivity contribution in [1.82, 2.24) is 0 Å². The standard InChI is InChI=1S/C10H12BrClO3S/c1-15-7-3-4-8(10(12)5-7)9(11)6-16(2,13)14/h3-5,9H,6H2,1-2H3. The van der Waals surface area contributed by atoms with E-state index in [-0.39, 0.29) is 10.6 Å². The molecule has 0 heterocycles. The van der Waals surface area contributed by atoms with Gasteiger partial charge in [0, 0.05) is 11.3 Å². The average Bonchev–Trinajstić information content (AvgIpc) is 2.14. The van der Waals surface area contributed by atoms with E-state index in [9.17, 15) is 8.42 Å². The molecule has 0 N–H and O–H groups in total. The molecular formula is C10H12BrClO3S. The summed E-state index contributed by atoms with van der Waals surface area (Å²) in [5.74, 6) is 0.659. The first-order chi connectivity index (χ1) is 7.33. The van der Waals surface area contributed by atoms with Gasteiger partial charge in [-0.25, -0.2) is 8.42 Å². The van der Waals surface area contributed by atoms with Crippen molar-refractivity contribution in [3.63, 3.8) is 0 Å². The topological polar surface area (TPSA) is 43.4 Å². The van der Waals surface area contributed by atoms with Crippen LogP contribution in [-0.4, -0.2) is 27.5 Å². The first-order valence-electron chi connectivity index (χ1n) is 4.48. The molecule has 90 valence electrons. The van der Waals surface area contributed by atoms with Gasteiger partial charge in [-0.2, -0.15) is 0 Å². The highest BCUT2D eigenvalue weighted by Gasteiger charge is 2.17. The second kappa shape index (κ2) is 5.38. The minimum absolute atomic E-state index is 0.0129. The zero-order valence-corrected chi connectivity index (χ0v) is 12.1. The van der Waals surface area contributed by atoms with E-state index in [4.69, 9.17) is 16.3 Å². The maximum atomic E-state index is 11.2. The molecular weight excluding hydrogens is 316 g/mol. The number of halogens is 2. The third kappa shape index (κ3) is 3.96. The smallest absolute Gasteiger partial charge is 0.148 e. The lowest BCUT2D eigenvalue weighted by atomic mass is 10.1. The molecule has 1 aromatic rings. The third-order valence-electron chi connectivity index (χ3n) is 1.99. The Morgan fingerprint density at radius 3 is 2.56 bits per heavy atom. The van der Waals surface area contributed by atoms with Crippen LogP contribution in [-0.2, 0) is 9.84 Å². The molecule has 0 saturated carbocycles. The van der Waals surface area contributed by atoms with E-state index in [0.717, 1.165) is 5.56 Å². The Morgan fingerprint density at radius 2 is 2.12 bits per heavy atom. The Bertz CT molecular complexity index is 473. The summed E-state index contributed by atoms with van der Waals surface area (Å²) in [5.41, 5.74) is 0.743. The number of sulfone groups is 1. The summed E-state index contributed by atoms with van der Waals surface area (Å²) >= 11 is 9.34. The van der Waals surface area contributed by atoms with Crippen LogP contribution in [0.25, 0.3) is 0 Å². The van der Waals surface area contributed by atoms with E-state index >= 15 is 0 Å². The second-order valence-corrected chi connectivity index (χ2v) is 7.14. The van der Waals surface area contributed by atoms with Gasteiger partial charge in [-0.05, 0) is 17.7 Å². The zero-order chi connectivity index (χ0) is 12.3. The number of ether oxygens (including phenoxy) is 1. The molecule has 0 aliphatic carbocycles. The van der Waals surface area contributed by atoms with Crippen molar-refractivity contribution in [1.29, 1.82) is 0 Å². The van der Waals surface area contributed by atoms with E-state index < -0.39 is 9.84 Å². The van der Waals surface area contributed by atoms with Crippen molar-refractivity contribution in [2.24, 2.45) is 0 Å². The zero-order valence-electron chi connectivity index (χ0n) is 8.91. The molecule has 0 saturated heterocycles. The van der Waals surface area contributed by atoms with Crippen LogP contribution in [0, 0.1) is 0 Å². The van der Waals surface area contributed by atoms with Gasteiger partial charge >= 0.3 is 0 Å². The van der Waals surface area contributed by atoms with E-state index in [0.29, 0.717) is 10.8 Å². The highest BCUT2D eigenvalue weighted by atomic mass is 79.9. The number of rotatable bonds is 4. The molecule has 0 radical (unpaired) electrons. The molecule has 1 unspecified atom stereocenters. The predicted molar refractivity (Wildman–Crippen MR) is 69.4 cm³/mol. The van der Waals surface area contributed by atoms with Crippen LogP contribution < -0.4 is 4.74 Å². The van der Waals surface area contributed by atoms with Crippen LogP contribution in [0.4, 0.5) is 0 Å². The molecule has 6 heteroatoms. The summed E-state index contributed by atoms with van der Waals surface area (Å²) in [6.07, 6.45) is 1.19. The molecule has 0 spiro atoms. The van der Waals surface area contributed by atoms with Gasteiger partial charge < -0.3 is 4.74 Å². The Balaban J connectivity index is 2.96. The maximum Gasteiger partial charge on any atom is 0.148 e. The van der Waals surface area contributed by atoms with Crippen LogP contribution in [0.1, 0.15) is 10.4 Å². The summed E-state index contributed by atoms with van der Waals surface area (Å²) in [4.78, 5) is -0.305. The van der Waals surface area contributed by atoms with Crippen molar-refractivity contribution >= 4 is 37.4 Å². The molecule has 0 fully saturated rings. The third-order valence-corrected chi connectivity index (χ3v) is 4.51. The largest absolute Gasteiger partial charge is 0.497 e. The molecule has 1 aromatic carbocycles. The van der Waals surface area contributed by atoms with Gasteiger partial charge in [0.05, 0.1) is 17.7 Å². The Kier molecular flexibility index (Phi) is 4.64. The lowest BCUT2D eigenvalue weighted by molar-refractivity contribution is 0.414. The first-order valence-corrected chi connectivity index (χ1v) is 7.84. The number of hydrogen-bond donors (Lipinski definition) is 0. The van der Waals surface area contributed by atoms with Crippen molar-refractivity contribution < 1.29 is 13.2 Å². The number of methoxy groups -OCH3 is 1. The average molecular weight is 328 g/mol. The van der Waals surface area contributed by atoms with E-state index in [1.807, 2.05) is 0 Å². The van der Waals surface area contributed by atoms with Gasteiger partial charge in [0.15, 0.2) is 0 Å². The van der Waals surface area contributed by atoms with Gasteiger partial charge in [0.2, 0.25) is 0 Å². The van der Waals surface area contributed by atoms with Gasteiger partial charge in [-0.15, -0.1) is 0 Å². The van der Waals surface area contributed by atoms with Crippen LogP contribution in [0.5, 0.6) is 5.75 Å². The van der Waals surface area contributed by atoms with Gasteiger partial charge in [0.25, 0.3) is 0 Å². The van der Waals surface area contributed by atoms with Crippen LogP contribution in [0.15, 0.2) is 18.2 Å². The summed E-state index contributed by atoms with van der Waals surface area (Å²) in [7, 11) is -1.49. The van der Waals surface area contributed by atoms with Crippen molar-refractivity contribution in [3.05, 3.63) is 28.8 Å². The minimum Gasteiger partial charge on any atom is -0.497 e. The normalized spacial score (nSPS) is 13.5.